The van der Waals surface area contributed by atoms with Crippen LogP contribution in [0.2, 0.25) is 0 Å². The van der Waals surface area contributed by atoms with E-state index in [-0.39, 0.29) is 11.9 Å². The average Bonchev–Trinajstić information content (AvgIpc) is 3.39. The molecule has 2 heterocycles. The van der Waals surface area contributed by atoms with E-state index in [0.717, 1.165) is 31.5 Å². The fourth-order valence-electron chi connectivity index (χ4n) is 4.06. The number of hydrogen-bond acceptors (Lipinski definition) is 3. The highest BCUT2D eigenvalue weighted by Gasteiger charge is 2.31. The summed E-state index contributed by atoms with van der Waals surface area (Å²) in [5.74, 6) is 1.82. The van der Waals surface area contributed by atoms with Crippen molar-refractivity contribution in [1.82, 2.24) is 14.5 Å². The fourth-order valence-corrected chi connectivity index (χ4v) is 4.06. The molecule has 0 bridgehead atoms. The molecule has 27 heavy (non-hydrogen) atoms. The van der Waals surface area contributed by atoms with Gasteiger partial charge in [-0.1, -0.05) is 30.3 Å². The summed E-state index contributed by atoms with van der Waals surface area (Å²) in [5.41, 5.74) is 1.41. The summed E-state index contributed by atoms with van der Waals surface area (Å²) in [6.07, 6.45) is 9.42. The van der Waals surface area contributed by atoms with E-state index >= 15 is 0 Å². The number of carbonyl (C=O) groups excluding carboxylic acids is 1. The van der Waals surface area contributed by atoms with Gasteiger partial charge in [0, 0.05) is 25.5 Å². The van der Waals surface area contributed by atoms with Gasteiger partial charge in [-0.05, 0) is 49.3 Å². The monoisotopic (exact) mass is 363 g/mol. The molecular weight excluding hydrogens is 338 g/mol. The average molecular weight is 363 g/mol. The largest absolute Gasteiger partial charge is 0.459 e. The topological polar surface area (TPSA) is 51.3 Å². The van der Waals surface area contributed by atoms with Crippen molar-refractivity contribution in [1.29, 1.82) is 0 Å². The predicted octanol–water partition coefficient (Wildman–Crippen LogP) is 4.38. The standard InChI is InChI=1S/C22H25N3O2/c1-24-14-13-23-21(24)16-25(22(26)20-8-5-15-27-20)19-11-9-18(10-12-19)17-6-3-2-4-7-17/h2-8,13-15,18-19H,9-12,16H2,1H3. The number of aromatic nitrogens is 2. The van der Waals surface area contributed by atoms with Crippen LogP contribution in [0.1, 0.15) is 53.5 Å². The number of imidazole rings is 1. The lowest BCUT2D eigenvalue weighted by molar-refractivity contribution is 0.0564. The van der Waals surface area contributed by atoms with Crippen LogP contribution >= 0.6 is 0 Å². The molecule has 1 aromatic carbocycles. The molecule has 0 unspecified atom stereocenters. The van der Waals surface area contributed by atoms with E-state index in [2.05, 4.69) is 35.3 Å². The van der Waals surface area contributed by atoms with Crippen LogP contribution in [0.4, 0.5) is 0 Å². The molecular formula is C22H25N3O2. The maximum Gasteiger partial charge on any atom is 0.290 e. The van der Waals surface area contributed by atoms with E-state index in [1.165, 1.54) is 5.56 Å². The summed E-state index contributed by atoms with van der Waals surface area (Å²) in [6.45, 7) is 0.504. The van der Waals surface area contributed by atoms with E-state index in [4.69, 9.17) is 4.42 Å². The van der Waals surface area contributed by atoms with E-state index in [1.807, 2.05) is 22.7 Å². The summed E-state index contributed by atoms with van der Waals surface area (Å²) in [7, 11) is 1.96. The minimum absolute atomic E-state index is 0.0499. The third-order valence-electron chi connectivity index (χ3n) is 5.63. The van der Waals surface area contributed by atoms with Crippen molar-refractivity contribution >= 4 is 5.91 Å². The van der Waals surface area contributed by atoms with Crippen molar-refractivity contribution in [3.8, 4) is 0 Å². The molecule has 0 N–H and O–H groups in total. The zero-order chi connectivity index (χ0) is 18.6. The van der Waals surface area contributed by atoms with Crippen LogP contribution < -0.4 is 0 Å². The molecule has 140 valence electrons. The van der Waals surface area contributed by atoms with Crippen LogP contribution in [0, 0.1) is 0 Å². The van der Waals surface area contributed by atoms with Gasteiger partial charge in [-0.15, -0.1) is 0 Å². The number of hydrogen-bond donors (Lipinski definition) is 0. The summed E-state index contributed by atoms with van der Waals surface area (Å²) in [6, 6.07) is 14.4. The first-order chi connectivity index (χ1) is 13.2. The molecule has 4 rings (SSSR count). The maximum atomic E-state index is 13.1. The molecule has 0 radical (unpaired) electrons. The summed E-state index contributed by atoms with van der Waals surface area (Å²) >= 11 is 0. The lowest BCUT2D eigenvalue weighted by atomic mass is 9.81. The van der Waals surface area contributed by atoms with Gasteiger partial charge < -0.3 is 13.9 Å². The molecule has 5 nitrogen and oxygen atoms in total. The molecule has 0 spiro atoms. The number of aryl methyl sites for hydroxylation is 1. The van der Waals surface area contributed by atoms with Crippen LogP contribution in [0.15, 0.2) is 65.5 Å². The van der Waals surface area contributed by atoms with Gasteiger partial charge >= 0.3 is 0 Å². The van der Waals surface area contributed by atoms with Crippen molar-refractivity contribution in [3.63, 3.8) is 0 Å². The first-order valence-electron chi connectivity index (χ1n) is 9.58. The molecule has 1 saturated carbocycles. The van der Waals surface area contributed by atoms with E-state index in [1.54, 1.807) is 24.6 Å². The van der Waals surface area contributed by atoms with Gasteiger partial charge in [0.15, 0.2) is 5.76 Å². The molecule has 5 heteroatoms. The zero-order valence-corrected chi connectivity index (χ0v) is 15.6. The number of rotatable bonds is 5. The highest BCUT2D eigenvalue weighted by atomic mass is 16.3. The van der Waals surface area contributed by atoms with Gasteiger partial charge in [-0.3, -0.25) is 4.79 Å². The third kappa shape index (κ3) is 3.82. The molecule has 3 aromatic rings. The second kappa shape index (κ2) is 7.82. The third-order valence-corrected chi connectivity index (χ3v) is 5.63. The molecule has 0 aliphatic heterocycles. The van der Waals surface area contributed by atoms with Crippen molar-refractivity contribution < 1.29 is 9.21 Å². The molecule has 1 amide bonds. The Morgan fingerprint density at radius 1 is 1.15 bits per heavy atom. The number of nitrogens with zero attached hydrogens (tertiary/aromatic N) is 3. The van der Waals surface area contributed by atoms with Crippen LogP contribution in [-0.2, 0) is 13.6 Å². The van der Waals surface area contributed by atoms with E-state index < -0.39 is 0 Å². The molecule has 0 saturated heterocycles. The van der Waals surface area contributed by atoms with Crippen molar-refractivity contribution in [2.24, 2.45) is 7.05 Å². The zero-order valence-electron chi connectivity index (χ0n) is 15.6. The molecule has 1 fully saturated rings. The van der Waals surface area contributed by atoms with Gasteiger partial charge in [-0.25, -0.2) is 4.98 Å². The van der Waals surface area contributed by atoms with Crippen LogP contribution in [0.5, 0.6) is 0 Å². The second-order valence-electron chi connectivity index (χ2n) is 7.28. The number of amides is 1. The Hall–Kier alpha value is -2.82. The van der Waals surface area contributed by atoms with Gasteiger partial charge in [0.05, 0.1) is 12.8 Å². The normalized spacial score (nSPS) is 19.7. The van der Waals surface area contributed by atoms with E-state index in [0.29, 0.717) is 18.2 Å². The minimum Gasteiger partial charge on any atom is -0.459 e. The smallest absolute Gasteiger partial charge is 0.290 e. The van der Waals surface area contributed by atoms with Gasteiger partial charge in [0.25, 0.3) is 5.91 Å². The molecule has 1 aliphatic carbocycles. The summed E-state index contributed by atoms with van der Waals surface area (Å²) in [5, 5.41) is 0. The Labute approximate surface area is 159 Å². The van der Waals surface area contributed by atoms with Gasteiger partial charge in [-0.2, -0.15) is 0 Å². The van der Waals surface area contributed by atoms with Crippen molar-refractivity contribution in [3.05, 3.63) is 78.3 Å². The highest BCUT2D eigenvalue weighted by Crippen LogP contribution is 2.35. The summed E-state index contributed by atoms with van der Waals surface area (Å²) in [4.78, 5) is 19.5. The lowest BCUT2D eigenvalue weighted by Crippen LogP contribution is -2.42. The number of benzene rings is 1. The first-order valence-corrected chi connectivity index (χ1v) is 9.58. The molecule has 0 atom stereocenters. The minimum atomic E-state index is -0.0499. The van der Waals surface area contributed by atoms with E-state index in [9.17, 15) is 4.79 Å². The second-order valence-corrected chi connectivity index (χ2v) is 7.28. The quantitative estimate of drug-likeness (QED) is 0.676. The number of furan rings is 1. The Balaban J connectivity index is 1.51. The highest BCUT2D eigenvalue weighted by molar-refractivity contribution is 5.91. The van der Waals surface area contributed by atoms with Gasteiger partial charge in [0.1, 0.15) is 5.82 Å². The Kier molecular flexibility index (Phi) is 5.10. The number of carbonyl (C=O) groups is 1. The van der Waals surface area contributed by atoms with Gasteiger partial charge in [0.2, 0.25) is 0 Å². The lowest BCUT2D eigenvalue weighted by Gasteiger charge is -2.36. The molecule has 2 aromatic heterocycles. The Morgan fingerprint density at radius 2 is 1.93 bits per heavy atom. The maximum absolute atomic E-state index is 13.1. The SMILES string of the molecule is Cn1ccnc1CN(C(=O)c1ccco1)C1CCC(c2ccccc2)CC1. The molecule has 1 aliphatic rings. The first kappa shape index (κ1) is 17.6. The Bertz CT molecular complexity index is 862. The van der Waals surface area contributed by atoms with Crippen LogP contribution in [-0.4, -0.2) is 26.4 Å². The Morgan fingerprint density at radius 3 is 2.56 bits per heavy atom. The van der Waals surface area contributed by atoms with Crippen LogP contribution in [0.3, 0.4) is 0 Å². The van der Waals surface area contributed by atoms with Crippen LogP contribution in [0.25, 0.3) is 0 Å². The van der Waals surface area contributed by atoms with Crippen molar-refractivity contribution in [2.45, 2.75) is 44.2 Å². The fraction of sp³-hybridized carbons (Fsp3) is 0.364. The van der Waals surface area contributed by atoms with Crippen molar-refractivity contribution in [2.75, 3.05) is 0 Å². The summed E-state index contributed by atoms with van der Waals surface area (Å²) < 4.78 is 7.36. The predicted molar refractivity (Wildman–Crippen MR) is 103 cm³/mol.